The van der Waals surface area contributed by atoms with E-state index in [4.69, 9.17) is 11.6 Å². The van der Waals surface area contributed by atoms with Gasteiger partial charge in [-0.05, 0) is 24.3 Å². The molecule has 7 nitrogen and oxygen atoms in total. The van der Waals surface area contributed by atoms with Crippen LogP contribution >= 0.6 is 11.6 Å². The summed E-state index contributed by atoms with van der Waals surface area (Å²) in [7, 11) is 0. The molecule has 4 heterocycles. The van der Waals surface area contributed by atoms with E-state index in [-0.39, 0.29) is 48.2 Å². The second kappa shape index (κ2) is 10.5. The minimum atomic E-state index is -4.69. The second-order valence-electron chi connectivity index (χ2n) is 8.60. The molecular weight excluding hydrogens is 543 g/mol. The summed E-state index contributed by atoms with van der Waals surface area (Å²) < 4.78 is 68.4. The predicted octanol–water partition coefficient (Wildman–Crippen LogP) is 5.51. The third-order valence-corrected chi connectivity index (χ3v) is 6.52. The highest BCUT2D eigenvalue weighted by Crippen LogP contribution is 2.36. The van der Waals surface area contributed by atoms with E-state index in [1.165, 1.54) is 29.6 Å². The van der Waals surface area contributed by atoms with Crippen LogP contribution in [0.4, 0.5) is 27.8 Å². The predicted molar refractivity (Wildman–Crippen MR) is 133 cm³/mol. The number of alkyl halides is 3. The molecule has 0 saturated carbocycles. The number of anilines is 1. The number of aromatic nitrogens is 4. The first kappa shape index (κ1) is 26.4. The lowest BCUT2D eigenvalue weighted by Crippen LogP contribution is -2.49. The Morgan fingerprint density at radius 1 is 0.872 bits per heavy atom. The van der Waals surface area contributed by atoms with E-state index in [9.17, 15) is 26.7 Å². The Bertz CT molecular complexity index is 1540. The van der Waals surface area contributed by atoms with Gasteiger partial charge in [-0.3, -0.25) is 14.8 Å². The van der Waals surface area contributed by atoms with Crippen molar-refractivity contribution in [3.63, 3.8) is 0 Å². The monoisotopic (exact) mass is 560 g/mol. The Kier molecular flexibility index (Phi) is 7.13. The maximum atomic E-state index is 14.7. The van der Waals surface area contributed by atoms with Gasteiger partial charge in [-0.25, -0.2) is 18.7 Å². The minimum absolute atomic E-state index is 0.0192. The Morgan fingerprint density at radius 2 is 1.59 bits per heavy atom. The van der Waals surface area contributed by atoms with Crippen LogP contribution in [0.1, 0.15) is 15.9 Å². The van der Waals surface area contributed by atoms with Gasteiger partial charge >= 0.3 is 6.18 Å². The quantitative estimate of drug-likeness (QED) is 0.306. The zero-order valence-electron chi connectivity index (χ0n) is 20.0. The molecule has 1 saturated heterocycles. The van der Waals surface area contributed by atoms with Gasteiger partial charge in [-0.1, -0.05) is 11.6 Å². The molecule has 0 bridgehead atoms. The summed E-state index contributed by atoms with van der Waals surface area (Å²) in [4.78, 5) is 32.7. The fraction of sp³-hybridized carbons (Fsp3) is 0.192. The van der Waals surface area contributed by atoms with Crippen molar-refractivity contribution in [1.82, 2.24) is 24.8 Å². The highest BCUT2D eigenvalue weighted by Gasteiger charge is 2.37. The molecule has 1 amide bonds. The molecule has 0 spiro atoms. The van der Waals surface area contributed by atoms with Gasteiger partial charge in [0.05, 0.1) is 28.0 Å². The highest BCUT2D eigenvalue weighted by atomic mass is 35.5. The summed E-state index contributed by atoms with van der Waals surface area (Å²) in [5.74, 6) is -1.96. The van der Waals surface area contributed by atoms with E-state index < -0.39 is 34.8 Å². The van der Waals surface area contributed by atoms with E-state index in [1.807, 2.05) is 0 Å². The van der Waals surface area contributed by atoms with Crippen molar-refractivity contribution < 1.29 is 26.7 Å². The number of carbonyl (C=O) groups excluding carboxylic acids is 1. The number of amides is 1. The first-order valence-corrected chi connectivity index (χ1v) is 12.0. The summed E-state index contributed by atoms with van der Waals surface area (Å²) in [6.07, 6.45) is 1.51. The van der Waals surface area contributed by atoms with Crippen LogP contribution in [0.5, 0.6) is 0 Å². The fourth-order valence-corrected chi connectivity index (χ4v) is 4.50. The molecule has 200 valence electrons. The standard InChI is InChI=1S/C26H18ClF5N6O/c27-20-13-34-5-3-16(20)24-23(17-2-1-15(28)11-21(17)29)35-14-22(36-24)37-7-9-38(10-8-37)25(39)18-12-33-6-4-19(18)26(30,31)32/h1-6,11-14H,7-10H2. The summed E-state index contributed by atoms with van der Waals surface area (Å²) in [6, 6.07) is 5.46. The Hall–Kier alpha value is -4.19. The molecule has 13 heteroatoms. The van der Waals surface area contributed by atoms with Crippen molar-refractivity contribution in [2.24, 2.45) is 0 Å². The van der Waals surface area contributed by atoms with Crippen LogP contribution in [0.3, 0.4) is 0 Å². The first-order chi connectivity index (χ1) is 18.6. The molecule has 4 aromatic rings. The first-order valence-electron chi connectivity index (χ1n) is 11.6. The molecule has 0 aliphatic carbocycles. The molecule has 39 heavy (non-hydrogen) atoms. The SMILES string of the molecule is O=C(c1cnccc1C(F)(F)F)N1CCN(c2cnc(-c3ccc(F)cc3F)c(-c3ccncc3Cl)n2)CC1. The van der Waals surface area contributed by atoms with Crippen LogP contribution in [0, 0.1) is 11.6 Å². The van der Waals surface area contributed by atoms with Crippen LogP contribution in [0.25, 0.3) is 22.5 Å². The third kappa shape index (κ3) is 5.37. The Labute approximate surface area is 223 Å². The normalized spacial score (nSPS) is 14.0. The van der Waals surface area contributed by atoms with Gasteiger partial charge < -0.3 is 9.80 Å². The Morgan fingerprint density at radius 3 is 2.28 bits per heavy atom. The topological polar surface area (TPSA) is 75.1 Å². The number of pyridine rings is 2. The summed E-state index contributed by atoms with van der Waals surface area (Å²) in [5, 5.41) is 0.236. The minimum Gasteiger partial charge on any atom is -0.352 e. The van der Waals surface area contributed by atoms with Gasteiger partial charge in [0.25, 0.3) is 5.91 Å². The van der Waals surface area contributed by atoms with Crippen LogP contribution in [-0.2, 0) is 6.18 Å². The molecule has 1 fully saturated rings. The van der Waals surface area contributed by atoms with Gasteiger partial charge in [0, 0.05) is 68.2 Å². The lowest BCUT2D eigenvalue weighted by molar-refractivity contribution is -0.138. The van der Waals surface area contributed by atoms with Gasteiger partial charge in [-0.15, -0.1) is 0 Å². The van der Waals surface area contributed by atoms with Crippen molar-refractivity contribution in [1.29, 1.82) is 0 Å². The number of nitrogens with zero attached hydrogens (tertiary/aromatic N) is 6. The average Bonchev–Trinajstić information content (AvgIpc) is 2.92. The summed E-state index contributed by atoms with van der Waals surface area (Å²) in [5.41, 5.74) is -0.754. The van der Waals surface area contributed by atoms with E-state index in [2.05, 4.69) is 19.9 Å². The lowest BCUT2D eigenvalue weighted by atomic mass is 10.0. The molecule has 1 aromatic carbocycles. The van der Waals surface area contributed by atoms with Crippen molar-refractivity contribution >= 4 is 23.3 Å². The van der Waals surface area contributed by atoms with Crippen LogP contribution < -0.4 is 4.90 Å². The maximum absolute atomic E-state index is 14.7. The summed E-state index contributed by atoms with van der Waals surface area (Å²) >= 11 is 6.35. The number of halogens is 6. The number of benzene rings is 1. The van der Waals surface area contributed by atoms with Crippen molar-refractivity contribution in [3.05, 3.63) is 89.1 Å². The van der Waals surface area contributed by atoms with Gasteiger partial charge in [0.2, 0.25) is 0 Å². The van der Waals surface area contributed by atoms with Crippen molar-refractivity contribution in [2.45, 2.75) is 6.18 Å². The molecular formula is C26H18ClF5N6O. The lowest BCUT2D eigenvalue weighted by Gasteiger charge is -2.35. The molecule has 1 aliphatic heterocycles. The maximum Gasteiger partial charge on any atom is 0.417 e. The highest BCUT2D eigenvalue weighted by molar-refractivity contribution is 6.33. The van der Waals surface area contributed by atoms with E-state index in [0.29, 0.717) is 11.4 Å². The molecule has 0 atom stereocenters. The van der Waals surface area contributed by atoms with Gasteiger partial charge in [0.1, 0.15) is 23.1 Å². The largest absolute Gasteiger partial charge is 0.417 e. The number of hydrogen-bond donors (Lipinski definition) is 0. The average molecular weight is 561 g/mol. The molecule has 1 aliphatic rings. The van der Waals surface area contributed by atoms with Gasteiger partial charge in [0.15, 0.2) is 0 Å². The van der Waals surface area contributed by atoms with Crippen LogP contribution in [-0.4, -0.2) is 56.9 Å². The molecule has 0 N–H and O–H groups in total. The van der Waals surface area contributed by atoms with Crippen molar-refractivity contribution in [2.75, 3.05) is 31.1 Å². The van der Waals surface area contributed by atoms with E-state index in [0.717, 1.165) is 30.6 Å². The number of hydrogen-bond acceptors (Lipinski definition) is 6. The van der Waals surface area contributed by atoms with Crippen molar-refractivity contribution in [3.8, 4) is 22.5 Å². The zero-order chi connectivity index (χ0) is 27.7. The van der Waals surface area contributed by atoms with Crippen LogP contribution in [0.2, 0.25) is 5.02 Å². The molecule has 0 unspecified atom stereocenters. The van der Waals surface area contributed by atoms with E-state index >= 15 is 0 Å². The molecule has 0 radical (unpaired) electrons. The second-order valence-corrected chi connectivity index (χ2v) is 9.01. The smallest absolute Gasteiger partial charge is 0.352 e. The van der Waals surface area contributed by atoms with E-state index in [1.54, 1.807) is 11.0 Å². The number of piperazine rings is 1. The molecule has 5 rings (SSSR count). The number of rotatable bonds is 4. The Balaban J connectivity index is 1.43. The molecule has 3 aromatic heterocycles. The zero-order valence-corrected chi connectivity index (χ0v) is 20.7. The van der Waals surface area contributed by atoms with Gasteiger partial charge in [-0.2, -0.15) is 13.2 Å². The number of carbonyl (C=O) groups is 1. The fourth-order valence-electron chi connectivity index (χ4n) is 4.29. The third-order valence-electron chi connectivity index (χ3n) is 6.22. The van der Waals surface area contributed by atoms with Crippen LogP contribution in [0.15, 0.2) is 61.3 Å². The summed E-state index contributed by atoms with van der Waals surface area (Å²) in [6.45, 7) is 0.727.